The van der Waals surface area contributed by atoms with Crippen LogP contribution in [-0.4, -0.2) is 162 Å². The van der Waals surface area contributed by atoms with Gasteiger partial charge in [0.1, 0.15) is 35.0 Å². The molecule has 0 aromatic heterocycles. The number of imide groups is 1. The van der Waals surface area contributed by atoms with E-state index in [1.807, 2.05) is 0 Å². The monoisotopic (exact) mass is 1230 g/mol. The minimum atomic E-state index is -1.52. The van der Waals surface area contributed by atoms with Crippen LogP contribution in [0.5, 0.6) is 5.75 Å². The summed E-state index contributed by atoms with van der Waals surface area (Å²) in [6.07, 6.45) is -2.42. The number of carboxylic acid groups (broad SMARTS) is 3. The number of rotatable bonds is 39. The zero-order valence-electron chi connectivity index (χ0n) is 46.7. The van der Waals surface area contributed by atoms with E-state index in [4.69, 9.17) is 28.5 Å². The van der Waals surface area contributed by atoms with E-state index < -0.39 is 100 Å². The molecule has 1 fully saturated rings. The summed E-state index contributed by atoms with van der Waals surface area (Å²) >= 11 is 0.860. The number of fused-ring (bicyclic) bond motifs is 2. The van der Waals surface area contributed by atoms with Gasteiger partial charge in [0.25, 0.3) is 6.47 Å². The molecule has 87 heavy (non-hydrogen) atoms. The fourth-order valence-corrected chi connectivity index (χ4v) is 10.2. The maximum atomic E-state index is 14.7. The van der Waals surface area contributed by atoms with E-state index >= 15 is 0 Å². The van der Waals surface area contributed by atoms with Crippen LogP contribution >= 0.6 is 11.8 Å². The summed E-state index contributed by atoms with van der Waals surface area (Å²) in [5.74, 6) is -10.7. The molecule has 0 radical (unpaired) electrons. The molecule has 2 heterocycles. The number of hydrogen-bond donors (Lipinski definition) is 7. The number of amides is 5. The number of carbonyl (C=O) groups is 10. The number of thioether (sulfide) groups is 1. The second-order valence-electron chi connectivity index (χ2n) is 19.8. The van der Waals surface area contributed by atoms with E-state index in [1.54, 1.807) is 30.3 Å². The number of nitrogens with one attached hydrogen (secondary N) is 3. The Morgan fingerprint density at radius 1 is 0.713 bits per heavy atom. The third-order valence-corrected chi connectivity index (χ3v) is 14.7. The number of halogens is 2. The van der Waals surface area contributed by atoms with Gasteiger partial charge in [-0.1, -0.05) is 42.5 Å². The number of aromatic hydroxyl groups is 1. The molecule has 3 aromatic rings. The summed E-state index contributed by atoms with van der Waals surface area (Å²) in [6, 6.07) is 14.5. The van der Waals surface area contributed by atoms with E-state index in [0.29, 0.717) is 17.5 Å². The maximum Gasteiger partial charge on any atom is 0.327 e. The van der Waals surface area contributed by atoms with Crippen molar-refractivity contribution >= 4 is 88.1 Å². The average Bonchev–Trinajstić information content (AvgIpc) is 1.02. The smallest absolute Gasteiger partial charge is 0.327 e. The van der Waals surface area contributed by atoms with Gasteiger partial charge in [0.2, 0.25) is 23.2 Å². The van der Waals surface area contributed by atoms with Gasteiger partial charge in [-0.25, -0.2) is 28.1 Å². The molecule has 3 aliphatic rings. The van der Waals surface area contributed by atoms with Crippen molar-refractivity contribution in [3.05, 3.63) is 106 Å². The quantitative estimate of drug-likeness (QED) is 0.00894. The lowest BCUT2D eigenvalue weighted by molar-refractivity contribution is -0.142. The fourth-order valence-electron chi connectivity index (χ4n) is 9.05. The Bertz CT molecular complexity index is 3280. The van der Waals surface area contributed by atoms with E-state index in [9.17, 15) is 76.8 Å². The van der Waals surface area contributed by atoms with Crippen LogP contribution in [0.3, 0.4) is 0 Å². The summed E-state index contributed by atoms with van der Waals surface area (Å²) in [6.45, 7) is 1.47. The van der Waals surface area contributed by atoms with Gasteiger partial charge >= 0.3 is 23.9 Å². The Kier molecular flexibility index (Phi) is 26.2. The van der Waals surface area contributed by atoms with Crippen molar-refractivity contribution < 1.29 is 105 Å². The standard InChI is InChI=1S/C59H64F2N4O21S/c60-42-27-40-48(29-46(42)69)86-49-30-47(70)43(61)28-41(49)54(40)35-8-10-37(11-9-35)65-52(71)31-50(56(65)75)87-32-45(58(78)79)62-55(74)36(25-34-5-2-1-3-6-34)26-39(68)16-18-82-20-22-84-24-23-83-21-19-81-17-4-7-38(67)12-13-44(57(76)77)63-59(80)64-51(85-33-66)14-15-53(72)73/h1-3,5-6,8-11,27-30,33,36,44-45,50-51,69H,4,7,12-26,31-32H2,(H,62,74)(H,72,73)(H,76,77)(H,78,79)(H2,63,64,80)/t36-,44+,45+,50?,51-/m1/s1. The maximum absolute atomic E-state index is 14.7. The highest BCUT2D eigenvalue weighted by molar-refractivity contribution is 8.00. The van der Waals surface area contributed by atoms with Crippen molar-refractivity contribution in [3.63, 3.8) is 0 Å². The summed E-state index contributed by atoms with van der Waals surface area (Å²) in [5.41, 5.74) is 0.570. The van der Waals surface area contributed by atoms with Crippen LogP contribution in [0.2, 0.25) is 0 Å². The van der Waals surface area contributed by atoms with Crippen molar-refractivity contribution in [2.24, 2.45) is 5.92 Å². The minimum Gasteiger partial charge on any atom is -0.505 e. The number of hydrogen-bond acceptors (Lipinski definition) is 19. The van der Waals surface area contributed by atoms with Crippen LogP contribution in [0.4, 0.5) is 19.3 Å². The molecule has 25 nitrogen and oxygen atoms in total. The third-order valence-electron chi connectivity index (χ3n) is 13.4. The van der Waals surface area contributed by atoms with E-state index in [-0.39, 0.29) is 162 Å². The molecular formula is C59H64F2N4O21S. The zero-order chi connectivity index (χ0) is 63.0. The van der Waals surface area contributed by atoms with Crippen LogP contribution < -0.4 is 26.3 Å². The number of urea groups is 1. The molecule has 7 N–H and O–H groups in total. The first-order valence-electron chi connectivity index (χ1n) is 27.4. The molecule has 1 aliphatic carbocycles. The van der Waals surface area contributed by atoms with Crippen LogP contribution in [0.25, 0.3) is 33.4 Å². The number of aliphatic carboxylic acids is 3. The Labute approximate surface area is 499 Å². The molecule has 0 saturated carbocycles. The number of carbonyl (C=O) groups excluding carboxylic acids is 7. The molecular weight excluding hydrogens is 1170 g/mol. The normalized spacial score (nSPS) is 14.5. The predicted molar refractivity (Wildman–Crippen MR) is 305 cm³/mol. The van der Waals surface area contributed by atoms with Crippen molar-refractivity contribution in [2.45, 2.75) is 87.8 Å². The van der Waals surface area contributed by atoms with Crippen molar-refractivity contribution in [1.29, 1.82) is 0 Å². The number of benzene rings is 4. The number of carboxylic acids is 3. The van der Waals surface area contributed by atoms with Crippen LogP contribution in [0, 0.1) is 17.6 Å². The van der Waals surface area contributed by atoms with E-state index in [0.717, 1.165) is 40.9 Å². The first-order valence-corrected chi connectivity index (χ1v) is 28.5. The van der Waals surface area contributed by atoms with Gasteiger partial charge in [0.15, 0.2) is 23.6 Å². The Balaban J connectivity index is 0.867. The van der Waals surface area contributed by atoms with Gasteiger partial charge in [0.05, 0.1) is 63.6 Å². The number of phenols is 1. The van der Waals surface area contributed by atoms with Gasteiger partial charge in [0, 0.05) is 85.4 Å². The number of anilines is 1. The van der Waals surface area contributed by atoms with Gasteiger partial charge < -0.3 is 64.5 Å². The fraction of sp³-hybridized carbons (Fsp3) is 0.407. The summed E-state index contributed by atoms with van der Waals surface area (Å²) in [7, 11) is 0. The van der Waals surface area contributed by atoms with Crippen molar-refractivity contribution in [2.75, 3.05) is 63.5 Å². The molecule has 6 rings (SSSR count). The van der Waals surface area contributed by atoms with E-state index in [1.165, 1.54) is 24.3 Å². The molecule has 28 heteroatoms. The SMILES string of the molecule is O=CO[C@H](CCC(=O)O)NC(=O)N[C@@H](CCC(=O)CCCOCCOCCOCCOCCC(=O)C[C@@H](Cc1ccccc1)C(=O)N[C@@H](CSC1CC(=O)N(c2ccc(-c3c4cc(F)c(=O)cc-4oc4cc(O)c(F)cc34)cc2)C1=O)C(=O)O)C(=O)O. The minimum absolute atomic E-state index is 0.00992. The van der Waals surface area contributed by atoms with Crippen LogP contribution in [0.1, 0.15) is 63.4 Å². The number of phenolic OH excluding ortho intramolecular Hbond substituents is 1. The van der Waals surface area contributed by atoms with Gasteiger partial charge in [-0.2, -0.15) is 0 Å². The molecule has 1 saturated heterocycles. The Morgan fingerprint density at radius 3 is 2.01 bits per heavy atom. The zero-order valence-corrected chi connectivity index (χ0v) is 47.6. The van der Waals surface area contributed by atoms with Gasteiger partial charge in [-0.05, 0) is 54.7 Å². The molecule has 0 bridgehead atoms. The Morgan fingerprint density at radius 2 is 1.37 bits per heavy atom. The molecule has 466 valence electrons. The topological polar surface area (TPSA) is 367 Å². The lowest BCUT2D eigenvalue weighted by Crippen LogP contribution is -2.49. The van der Waals surface area contributed by atoms with Crippen molar-refractivity contribution in [3.8, 4) is 28.2 Å². The molecule has 0 spiro atoms. The summed E-state index contributed by atoms with van der Waals surface area (Å²) < 4.78 is 61.6. The largest absolute Gasteiger partial charge is 0.505 e. The predicted octanol–water partition coefficient (Wildman–Crippen LogP) is 5.00. The Hall–Kier alpha value is -8.70. The molecule has 5 atom stereocenters. The van der Waals surface area contributed by atoms with Crippen LogP contribution in [-0.2, 0) is 73.3 Å². The number of Topliss-reactive ketones (excluding diaryl/α,β-unsaturated/α-hetero) is 2. The number of ether oxygens (including phenoxy) is 5. The molecule has 3 aromatic carbocycles. The second-order valence-corrected chi connectivity index (χ2v) is 21.0. The lowest BCUT2D eigenvalue weighted by atomic mass is 9.92. The highest BCUT2D eigenvalue weighted by atomic mass is 32.2. The van der Waals surface area contributed by atoms with E-state index in [2.05, 4.69) is 20.7 Å². The first-order chi connectivity index (χ1) is 41.7. The summed E-state index contributed by atoms with van der Waals surface area (Å²) in [5, 5.41) is 44.4. The summed E-state index contributed by atoms with van der Waals surface area (Å²) in [4.78, 5) is 137. The third kappa shape index (κ3) is 20.8. The molecule has 1 unspecified atom stereocenters. The molecule has 5 amide bonds. The number of ketones is 2. The highest BCUT2D eigenvalue weighted by Gasteiger charge is 2.41. The van der Waals surface area contributed by atoms with Crippen molar-refractivity contribution in [1.82, 2.24) is 16.0 Å². The van der Waals surface area contributed by atoms with Gasteiger partial charge in [-0.3, -0.25) is 38.4 Å². The number of nitrogens with zero attached hydrogens (tertiary/aromatic N) is 1. The first kappa shape index (κ1) is 67.4. The average molecular weight is 1240 g/mol. The molecule has 2 aliphatic heterocycles. The van der Waals surface area contributed by atoms with Crippen LogP contribution in [0.15, 0.2) is 88.1 Å². The van der Waals surface area contributed by atoms with Gasteiger partial charge in [-0.15, -0.1) is 11.8 Å². The lowest BCUT2D eigenvalue weighted by Gasteiger charge is -2.21. The second kappa shape index (κ2) is 33.9. The highest BCUT2D eigenvalue weighted by Crippen LogP contribution is 2.42.